The number of imidazole rings is 1. The molecule has 0 saturated heterocycles. The first-order chi connectivity index (χ1) is 10.5. The molecule has 7 heteroatoms. The highest BCUT2D eigenvalue weighted by Gasteiger charge is 2.15. The minimum Gasteiger partial charge on any atom is -0.313 e. The lowest BCUT2D eigenvalue weighted by atomic mass is 10.2. The smallest absolute Gasteiger partial charge is 0.259 e. The van der Waals surface area contributed by atoms with E-state index in [2.05, 4.69) is 10.3 Å². The number of carbonyl (C=O) groups is 1. The zero-order valence-corrected chi connectivity index (χ0v) is 14.3. The Kier molecular flexibility index (Phi) is 4.05. The summed E-state index contributed by atoms with van der Waals surface area (Å²) in [7, 11) is 1.80. The number of amides is 1. The van der Waals surface area contributed by atoms with Crippen molar-refractivity contribution in [1.29, 1.82) is 0 Å². The summed E-state index contributed by atoms with van der Waals surface area (Å²) < 4.78 is 15.4. The number of hydrogen-bond donors (Lipinski definition) is 1. The van der Waals surface area contributed by atoms with Gasteiger partial charge in [0, 0.05) is 15.6 Å². The van der Waals surface area contributed by atoms with Crippen LogP contribution in [0.15, 0.2) is 36.4 Å². The molecule has 0 aliphatic heterocycles. The number of hydrogen-bond acceptors (Lipinski definition) is 2. The minimum absolute atomic E-state index is 0.339. The van der Waals surface area contributed by atoms with Gasteiger partial charge in [-0.15, -0.1) is 0 Å². The standard InChI is InChI=1S/C15H10ClFIN3O/c1-21-13-5-2-8(16)6-12(13)19-15(21)20-14(22)10-4-3-9(17)7-11(10)18/h2-7H,1H3,(H,19,20,22). The molecule has 3 aromatic rings. The topological polar surface area (TPSA) is 46.9 Å². The molecule has 0 unspecified atom stereocenters. The molecule has 1 N–H and O–H groups in total. The number of nitrogens with one attached hydrogen (secondary N) is 1. The normalized spacial score (nSPS) is 10.9. The Morgan fingerprint density at radius 2 is 2.09 bits per heavy atom. The summed E-state index contributed by atoms with van der Waals surface area (Å²) in [5, 5.41) is 3.32. The highest BCUT2D eigenvalue weighted by Crippen LogP contribution is 2.23. The monoisotopic (exact) mass is 429 g/mol. The van der Waals surface area contributed by atoms with Gasteiger partial charge in [0.15, 0.2) is 0 Å². The molecule has 112 valence electrons. The fourth-order valence-electron chi connectivity index (χ4n) is 2.13. The Bertz CT molecular complexity index is 894. The van der Waals surface area contributed by atoms with Gasteiger partial charge in [-0.05, 0) is 59.0 Å². The molecule has 0 radical (unpaired) electrons. The number of rotatable bonds is 2. The number of benzene rings is 2. The van der Waals surface area contributed by atoms with E-state index < -0.39 is 0 Å². The summed E-state index contributed by atoms with van der Waals surface area (Å²) in [4.78, 5) is 16.7. The molecular weight excluding hydrogens is 420 g/mol. The molecule has 3 rings (SSSR count). The Balaban J connectivity index is 1.95. The number of carbonyl (C=O) groups excluding carboxylic acids is 1. The molecule has 4 nitrogen and oxygen atoms in total. The Morgan fingerprint density at radius 3 is 2.82 bits per heavy atom. The lowest BCUT2D eigenvalue weighted by Gasteiger charge is -2.07. The molecule has 2 aromatic carbocycles. The zero-order chi connectivity index (χ0) is 15.9. The van der Waals surface area contributed by atoms with Crippen molar-refractivity contribution in [1.82, 2.24) is 9.55 Å². The summed E-state index contributed by atoms with van der Waals surface area (Å²) in [5.41, 5.74) is 1.94. The second kappa shape index (κ2) is 5.85. The van der Waals surface area contributed by atoms with Crippen LogP contribution in [0.2, 0.25) is 5.02 Å². The second-order valence-electron chi connectivity index (χ2n) is 4.71. The van der Waals surface area contributed by atoms with Gasteiger partial charge >= 0.3 is 0 Å². The molecule has 1 amide bonds. The van der Waals surface area contributed by atoms with Gasteiger partial charge in [-0.2, -0.15) is 0 Å². The predicted octanol–water partition coefficient (Wildman–Crippen LogP) is 4.22. The van der Waals surface area contributed by atoms with E-state index in [1.807, 2.05) is 28.7 Å². The lowest BCUT2D eigenvalue weighted by Crippen LogP contribution is -2.16. The molecule has 0 aliphatic rings. The second-order valence-corrected chi connectivity index (χ2v) is 6.30. The minimum atomic E-state index is -0.377. The molecule has 0 bridgehead atoms. The molecule has 22 heavy (non-hydrogen) atoms. The van der Waals surface area contributed by atoms with Crippen LogP contribution in [-0.4, -0.2) is 15.5 Å². The van der Waals surface area contributed by atoms with Gasteiger partial charge in [0.1, 0.15) is 5.82 Å². The van der Waals surface area contributed by atoms with Crippen molar-refractivity contribution in [2.24, 2.45) is 7.05 Å². The molecule has 0 fully saturated rings. The van der Waals surface area contributed by atoms with Gasteiger partial charge in [-0.1, -0.05) is 11.6 Å². The van der Waals surface area contributed by atoms with E-state index in [4.69, 9.17) is 11.6 Å². The van der Waals surface area contributed by atoms with Crippen molar-refractivity contribution in [2.45, 2.75) is 0 Å². The van der Waals surface area contributed by atoms with Crippen LogP contribution >= 0.6 is 34.2 Å². The van der Waals surface area contributed by atoms with Crippen LogP contribution in [0.1, 0.15) is 10.4 Å². The molecule has 1 aromatic heterocycles. The molecule has 0 spiro atoms. The van der Waals surface area contributed by atoms with Gasteiger partial charge < -0.3 is 4.57 Å². The molecule has 0 aliphatic carbocycles. The average Bonchev–Trinajstić information content (AvgIpc) is 2.74. The van der Waals surface area contributed by atoms with Crippen molar-refractivity contribution in [3.63, 3.8) is 0 Å². The van der Waals surface area contributed by atoms with Gasteiger partial charge in [0.2, 0.25) is 5.95 Å². The van der Waals surface area contributed by atoms with Gasteiger partial charge in [-0.3, -0.25) is 10.1 Å². The van der Waals surface area contributed by atoms with Gasteiger partial charge in [-0.25, -0.2) is 9.37 Å². The predicted molar refractivity (Wildman–Crippen MR) is 92.8 cm³/mol. The molecule has 1 heterocycles. The fraction of sp³-hybridized carbons (Fsp3) is 0.0667. The summed E-state index contributed by atoms with van der Waals surface area (Å²) in [6, 6.07) is 9.35. The van der Waals surface area contributed by atoms with Crippen molar-refractivity contribution in [2.75, 3.05) is 5.32 Å². The Morgan fingerprint density at radius 1 is 1.32 bits per heavy atom. The van der Waals surface area contributed by atoms with Crippen LogP contribution < -0.4 is 5.32 Å². The Labute approximate surface area is 144 Å². The zero-order valence-electron chi connectivity index (χ0n) is 11.4. The number of nitrogens with zero attached hydrogens (tertiary/aromatic N) is 2. The largest absolute Gasteiger partial charge is 0.313 e. The number of anilines is 1. The van der Waals surface area contributed by atoms with Crippen molar-refractivity contribution < 1.29 is 9.18 Å². The first-order valence-electron chi connectivity index (χ1n) is 6.34. The van der Waals surface area contributed by atoms with Gasteiger partial charge in [0.05, 0.1) is 16.6 Å². The Hall–Kier alpha value is -1.67. The van der Waals surface area contributed by atoms with Crippen LogP contribution in [0, 0.1) is 9.39 Å². The van der Waals surface area contributed by atoms with Crippen LogP contribution in [0.5, 0.6) is 0 Å². The van der Waals surface area contributed by atoms with Crippen molar-refractivity contribution in [3.8, 4) is 0 Å². The first kappa shape index (κ1) is 15.2. The third-order valence-corrected chi connectivity index (χ3v) is 4.37. The van der Waals surface area contributed by atoms with E-state index >= 15 is 0 Å². The fourth-order valence-corrected chi connectivity index (χ4v) is 3.02. The highest BCUT2D eigenvalue weighted by atomic mass is 127. The highest BCUT2D eigenvalue weighted by molar-refractivity contribution is 14.1. The average molecular weight is 430 g/mol. The lowest BCUT2D eigenvalue weighted by molar-refractivity contribution is 0.102. The maximum atomic E-state index is 13.1. The first-order valence-corrected chi connectivity index (χ1v) is 7.80. The van der Waals surface area contributed by atoms with E-state index in [0.29, 0.717) is 25.6 Å². The molecule has 0 atom stereocenters. The van der Waals surface area contributed by atoms with Crippen LogP contribution in [-0.2, 0) is 7.05 Å². The van der Waals surface area contributed by atoms with Crippen molar-refractivity contribution >= 4 is 57.1 Å². The maximum absolute atomic E-state index is 13.1. The number of aryl methyl sites for hydroxylation is 1. The number of fused-ring (bicyclic) bond motifs is 1. The number of aromatic nitrogens is 2. The number of halogens is 3. The molecular formula is C15H10ClFIN3O. The summed E-state index contributed by atoms with van der Waals surface area (Å²) in [5.74, 6) is -0.311. The van der Waals surface area contributed by atoms with Crippen LogP contribution in [0.25, 0.3) is 11.0 Å². The van der Waals surface area contributed by atoms with E-state index in [0.717, 1.165) is 5.52 Å². The van der Waals surface area contributed by atoms with E-state index in [-0.39, 0.29) is 11.7 Å². The van der Waals surface area contributed by atoms with Crippen molar-refractivity contribution in [3.05, 3.63) is 56.4 Å². The van der Waals surface area contributed by atoms with Crippen LogP contribution in [0.3, 0.4) is 0 Å². The third-order valence-electron chi connectivity index (χ3n) is 3.24. The van der Waals surface area contributed by atoms with Crippen LogP contribution in [0.4, 0.5) is 10.3 Å². The molecule has 0 saturated carbocycles. The van der Waals surface area contributed by atoms with E-state index in [9.17, 15) is 9.18 Å². The summed E-state index contributed by atoms with van der Waals surface area (Å²) in [6.45, 7) is 0. The van der Waals surface area contributed by atoms with Gasteiger partial charge in [0.25, 0.3) is 5.91 Å². The van der Waals surface area contributed by atoms with E-state index in [1.165, 1.54) is 18.2 Å². The quantitative estimate of drug-likeness (QED) is 0.620. The SMILES string of the molecule is Cn1c(NC(=O)c2ccc(F)cc2I)nc2cc(Cl)ccc21. The summed E-state index contributed by atoms with van der Waals surface area (Å²) >= 11 is 7.87. The maximum Gasteiger partial charge on any atom is 0.259 e. The van der Waals surface area contributed by atoms with E-state index in [1.54, 1.807) is 23.7 Å². The third kappa shape index (κ3) is 2.80. The summed E-state index contributed by atoms with van der Waals surface area (Å²) in [6.07, 6.45) is 0.